The Morgan fingerprint density at radius 1 is 1.42 bits per heavy atom. The van der Waals surface area contributed by atoms with Crippen molar-refractivity contribution in [3.63, 3.8) is 0 Å². The molecule has 1 aromatic heterocycles. The molecule has 6 nitrogen and oxygen atoms in total. The predicted octanol–water partition coefficient (Wildman–Crippen LogP) is 2.67. The minimum Gasteiger partial charge on any atom is -0.360 e. The molecule has 1 aliphatic carbocycles. The molecule has 2 atom stereocenters. The van der Waals surface area contributed by atoms with Crippen molar-refractivity contribution in [1.29, 1.82) is 0 Å². The van der Waals surface area contributed by atoms with Gasteiger partial charge in [-0.1, -0.05) is 48.5 Å². The Hall–Kier alpha value is -2.41. The van der Waals surface area contributed by atoms with Crippen LogP contribution in [0.5, 0.6) is 0 Å². The summed E-state index contributed by atoms with van der Waals surface area (Å²) in [6.07, 6.45) is 2.26. The first kappa shape index (κ1) is 16.4. The van der Waals surface area contributed by atoms with Crippen LogP contribution in [0, 0.1) is 18.3 Å². The van der Waals surface area contributed by atoms with Gasteiger partial charge in [0, 0.05) is 5.56 Å². The van der Waals surface area contributed by atoms with Gasteiger partial charge < -0.3 is 4.52 Å². The van der Waals surface area contributed by atoms with Crippen LogP contribution in [-0.2, 0) is 14.8 Å². The molecule has 0 bridgehead atoms. The van der Waals surface area contributed by atoms with Crippen LogP contribution in [-0.4, -0.2) is 19.5 Å². The summed E-state index contributed by atoms with van der Waals surface area (Å²) in [5.41, 5.74) is 0.0608. The van der Waals surface area contributed by atoms with Crippen molar-refractivity contribution in [1.82, 2.24) is 9.88 Å². The smallest absolute Gasteiger partial charge is 0.269 e. The Labute approximate surface area is 140 Å². The third-order valence-corrected chi connectivity index (χ3v) is 5.93. The lowest BCUT2D eigenvalue weighted by Gasteiger charge is -2.12. The van der Waals surface area contributed by atoms with Gasteiger partial charge in [-0.05, 0) is 19.3 Å². The maximum Gasteiger partial charge on any atom is 0.269 e. The van der Waals surface area contributed by atoms with Gasteiger partial charge in [-0.25, -0.2) is 13.1 Å². The van der Waals surface area contributed by atoms with Gasteiger partial charge in [-0.2, -0.15) is 0 Å². The number of hydrogen-bond donors (Lipinski definition) is 1. The Morgan fingerprint density at radius 2 is 2.08 bits per heavy atom. The van der Waals surface area contributed by atoms with Gasteiger partial charge in [0.05, 0.1) is 5.41 Å². The molecule has 1 aromatic carbocycles. The number of rotatable bonds is 5. The van der Waals surface area contributed by atoms with Gasteiger partial charge in [0.2, 0.25) is 5.91 Å². The number of hydrogen-bond acceptors (Lipinski definition) is 5. The van der Waals surface area contributed by atoms with E-state index in [-0.39, 0.29) is 22.3 Å². The second-order valence-electron chi connectivity index (χ2n) is 6.18. The number of aromatic nitrogens is 1. The zero-order chi connectivity index (χ0) is 17.5. The number of amides is 1. The van der Waals surface area contributed by atoms with Gasteiger partial charge in [-0.15, -0.1) is 6.58 Å². The highest BCUT2D eigenvalue weighted by Crippen LogP contribution is 2.53. The first-order chi connectivity index (χ1) is 11.3. The van der Waals surface area contributed by atoms with Crippen molar-refractivity contribution in [3.8, 4) is 11.3 Å². The number of aryl methyl sites for hydroxylation is 1. The van der Waals surface area contributed by atoms with E-state index in [1.165, 1.54) is 6.92 Å². The SMILES string of the molecule is C=C[C@@H]1C[C@]1(C)C(=O)NS(=O)(=O)c1c(-c2ccccc2)noc1C. The molecule has 0 saturated heterocycles. The number of carbonyl (C=O) groups excluding carboxylic acids is 1. The lowest BCUT2D eigenvalue weighted by atomic mass is 10.1. The van der Waals surface area contributed by atoms with Crippen LogP contribution >= 0.6 is 0 Å². The third kappa shape index (κ3) is 2.65. The second kappa shape index (κ2) is 5.59. The van der Waals surface area contributed by atoms with Gasteiger partial charge in [0.25, 0.3) is 10.0 Å². The molecule has 0 spiro atoms. The van der Waals surface area contributed by atoms with E-state index in [1.807, 2.05) is 6.07 Å². The number of benzene rings is 1. The fraction of sp³-hybridized carbons (Fsp3) is 0.294. The molecule has 1 aliphatic rings. The molecule has 0 radical (unpaired) electrons. The highest BCUT2D eigenvalue weighted by Gasteiger charge is 2.55. The Balaban J connectivity index is 1.95. The Bertz CT molecular complexity index is 902. The number of carbonyl (C=O) groups is 1. The normalized spacial score (nSPS) is 22.8. The second-order valence-corrected chi connectivity index (χ2v) is 7.80. The summed E-state index contributed by atoms with van der Waals surface area (Å²) < 4.78 is 32.7. The average Bonchev–Trinajstić information content (AvgIpc) is 3.07. The summed E-state index contributed by atoms with van der Waals surface area (Å²) in [4.78, 5) is 12.3. The van der Waals surface area contributed by atoms with E-state index in [0.29, 0.717) is 12.0 Å². The van der Waals surface area contributed by atoms with Gasteiger partial charge >= 0.3 is 0 Å². The topological polar surface area (TPSA) is 89.3 Å². The fourth-order valence-electron chi connectivity index (χ4n) is 2.75. The molecule has 126 valence electrons. The number of allylic oxidation sites excluding steroid dienone is 1. The van der Waals surface area contributed by atoms with Gasteiger partial charge in [-0.3, -0.25) is 4.79 Å². The Kier molecular flexibility index (Phi) is 3.83. The molecule has 1 fully saturated rings. The van der Waals surface area contributed by atoms with Crippen molar-refractivity contribution in [2.75, 3.05) is 0 Å². The maximum absolute atomic E-state index is 12.7. The van der Waals surface area contributed by atoms with Crippen LogP contribution in [0.1, 0.15) is 19.1 Å². The van der Waals surface area contributed by atoms with Crippen molar-refractivity contribution in [2.24, 2.45) is 11.3 Å². The highest BCUT2D eigenvalue weighted by molar-refractivity contribution is 7.90. The molecular formula is C17H18N2O4S. The quantitative estimate of drug-likeness (QED) is 0.841. The van der Waals surface area contributed by atoms with E-state index in [0.717, 1.165) is 0 Å². The third-order valence-electron chi connectivity index (χ3n) is 4.46. The fourth-order valence-corrected chi connectivity index (χ4v) is 4.16. The summed E-state index contributed by atoms with van der Waals surface area (Å²) in [7, 11) is -4.09. The van der Waals surface area contributed by atoms with E-state index in [1.54, 1.807) is 37.3 Å². The van der Waals surface area contributed by atoms with Crippen LogP contribution in [0.2, 0.25) is 0 Å². The van der Waals surface area contributed by atoms with Gasteiger partial charge in [0.1, 0.15) is 5.69 Å². The van der Waals surface area contributed by atoms with E-state index < -0.39 is 21.3 Å². The van der Waals surface area contributed by atoms with Gasteiger partial charge in [0.15, 0.2) is 10.7 Å². The first-order valence-electron chi connectivity index (χ1n) is 7.51. The summed E-state index contributed by atoms with van der Waals surface area (Å²) in [6.45, 7) is 6.89. The zero-order valence-electron chi connectivity index (χ0n) is 13.4. The van der Waals surface area contributed by atoms with Crippen LogP contribution < -0.4 is 4.72 Å². The molecule has 1 saturated carbocycles. The lowest BCUT2D eigenvalue weighted by molar-refractivity contribution is -0.124. The molecule has 3 rings (SSSR count). The standard InChI is InChI=1S/C17H18N2O4S/c1-4-13-10-17(13,3)16(20)19-24(21,22)15-11(2)23-18-14(15)12-8-6-5-7-9-12/h4-9,13H,1,10H2,2-3H3,(H,19,20)/t13-,17+/m1/s1. The summed E-state index contributed by atoms with van der Waals surface area (Å²) in [6, 6.07) is 8.82. The van der Waals surface area contributed by atoms with Crippen molar-refractivity contribution in [2.45, 2.75) is 25.2 Å². The van der Waals surface area contributed by atoms with Crippen LogP contribution in [0.25, 0.3) is 11.3 Å². The molecule has 24 heavy (non-hydrogen) atoms. The predicted molar refractivity (Wildman–Crippen MR) is 88.4 cm³/mol. The number of nitrogens with zero attached hydrogens (tertiary/aromatic N) is 1. The summed E-state index contributed by atoms with van der Waals surface area (Å²) in [5, 5.41) is 3.85. The van der Waals surface area contributed by atoms with Crippen molar-refractivity contribution in [3.05, 3.63) is 48.7 Å². The van der Waals surface area contributed by atoms with Crippen molar-refractivity contribution >= 4 is 15.9 Å². The molecule has 0 unspecified atom stereocenters. The molecule has 1 amide bonds. The van der Waals surface area contributed by atoms with E-state index >= 15 is 0 Å². The van der Waals surface area contributed by atoms with Crippen LogP contribution in [0.4, 0.5) is 0 Å². The summed E-state index contributed by atoms with van der Waals surface area (Å²) >= 11 is 0. The minimum atomic E-state index is -4.09. The minimum absolute atomic E-state index is 0.00938. The Morgan fingerprint density at radius 3 is 2.67 bits per heavy atom. The molecular weight excluding hydrogens is 328 g/mol. The highest BCUT2D eigenvalue weighted by atomic mass is 32.2. The molecule has 7 heteroatoms. The van der Waals surface area contributed by atoms with Crippen LogP contribution in [0.15, 0.2) is 52.4 Å². The van der Waals surface area contributed by atoms with E-state index in [9.17, 15) is 13.2 Å². The van der Waals surface area contributed by atoms with Crippen LogP contribution in [0.3, 0.4) is 0 Å². The monoisotopic (exact) mass is 346 g/mol. The van der Waals surface area contributed by atoms with Crippen molar-refractivity contribution < 1.29 is 17.7 Å². The van der Waals surface area contributed by atoms with E-state index in [4.69, 9.17) is 4.52 Å². The molecule has 0 aliphatic heterocycles. The number of sulfonamides is 1. The summed E-state index contributed by atoms with van der Waals surface area (Å²) in [5.74, 6) is -0.410. The zero-order valence-corrected chi connectivity index (χ0v) is 14.3. The number of nitrogens with one attached hydrogen (secondary N) is 1. The molecule has 2 aromatic rings. The first-order valence-corrected chi connectivity index (χ1v) is 8.99. The molecule has 1 N–H and O–H groups in total. The largest absolute Gasteiger partial charge is 0.360 e. The van der Waals surface area contributed by atoms with E-state index in [2.05, 4.69) is 16.5 Å². The average molecular weight is 346 g/mol. The lowest BCUT2D eigenvalue weighted by Crippen LogP contribution is -2.36. The maximum atomic E-state index is 12.7. The molecule has 1 heterocycles.